The summed E-state index contributed by atoms with van der Waals surface area (Å²) in [6, 6.07) is 8.91. The molecule has 0 saturated heterocycles. The number of benzene rings is 2. The molecule has 34 heavy (non-hydrogen) atoms. The van der Waals surface area contributed by atoms with E-state index >= 15 is 0 Å². The summed E-state index contributed by atoms with van der Waals surface area (Å²) in [5.74, 6) is -0.502. The van der Waals surface area contributed by atoms with Crippen LogP contribution in [0.15, 0.2) is 47.5 Å². The Hall–Kier alpha value is -2.75. The highest BCUT2D eigenvalue weighted by Crippen LogP contribution is 2.34. The van der Waals surface area contributed by atoms with Gasteiger partial charge in [-0.25, -0.2) is 22.3 Å². The highest BCUT2D eigenvalue weighted by Gasteiger charge is 2.26. The lowest BCUT2D eigenvalue weighted by Gasteiger charge is -2.22. The second-order valence-electron chi connectivity index (χ2n) is 10.2. The number of aliphatic hydroxyl groups is 1. The summed E-state index contributed by atoms with van der Waals surface area (Å²) >= 11 is 0. The van der Waals surface area contributed by atoms with E-state index in [9.17, 15) is 22.7 Å². The van der Waals surface area contributed by atoms with Crippen LogP contribution < -0.4 is 4.72 Å². The number of aliphatic hydroxyl groups excluding tert-OH is 1. The highest BCUT2D eigenvalue weighted by molar-refractivity contribution is 7.89. The second kappa shape index (κ2) is 9.13. The Morgan fingerprint density at radius 2 is 1.76 bits per heavy atom. The molecule has 1 heterocycles. The molecule has 0 radical (unpaired) electrons. The third-order valence-electron chi connectivity index (χ3n) is 4.84. The van der Waals surface area contributed by atoms with Gasteiger partial charge in [0.15, 0.2) is 0 Å². The lowest BCUT2D eigenvalue weighted by molar-refractivity contribution is 0.0544. The minimum atomic E-state index is -3.84. The SMILES string of the molecule is CC(C)(C)NS(=O)(=O)c1ccc(-c2cn(C(=O)OC(C)(C)C)c3cc(F)ccc23)cc1CCO. The number of fused-ring (bicyclic) bond motifs is 1. The van der Waals surface area contributed by atoms with Gasteiger partial charge in [-0.2, -0.15) is 0 Å². The molecule has 3 aromatic rings. The maximum Gasteiger partial charge on any atom is 0.419 e. The van der Waals surface area contributed by atoms with Gasteiger partial charge in [0.25, 0.3) is 0 Å². The number of nitrogens with one attached hydrogen (secondary N) is 1. The van der Waals surface area contributed by atoms with Crippen LogP contribution in [0.2, 0.25) is 0 Å². The highest BCUT2D eigenvalue weighted by atomic mass is 32.2. The number of nitrogens with zero attached hydrogens (tertiary/aromatic N) is 1. The first-order valence-electron chi connectivity index (χ1n) is 10.9. The lowest BCUT2D eigenvalue weighted by atomic mass is 10.0. The molecule has 0 bridgehead atoms. The number of sulfonamides is 1. The van der Waals surface area contributed by atoms with E-state index in [4.69, 9.17) is 4.74 Å². The molecule has 7 nitrogen and oxygen atoms in total. The van der Waals surface area contributed by atoms with E-state index in [0.29, 0.717) is 27.6 Å². The fraction of sp³-hybridized carbons (Fsp3) is 0.400. The summed E-state index contributed by atoms with van der Waals surface area (Å²) in [5, 5.41) is 10.2. The van der Waals surface area contributed by atoms with E-state index in [-0.39, 0.29) is 17.9 Å². The van der Waals surface area contributed by atoms with Gasteiger partial charge in [0.05, 0.1) is 10.4 Å². The zero-order chi connectivity index (χ0) is 25.5. The van der Waals surface area contributed by atoms with E-state index in [1.807, 2.05) is 0 Å². The predicted molar refractivity (Wildman–Crippen MR) is 130 cm³/mol. The van der Waals surface area contributed by atoms with E-state index in [1.165, 1.54) is 22.8 Å². The van der Waals surface area contributed by atoms with Gasteiger partial charge >= 0.3 is 6.09 Å². The Labute approximate surface area is 199 Å². The van der Waals surface area contributed by atoms with Gasteiger partial charge in [-0.3, -0.25) is 4.57 Å². The molecule has 3 rings (SSSR count). The zero-order valence-electron chi connectivity index (χ0n) is 20.3. The number of carbonyl (C=O) groups is 1. The number of halogens is 1. The van der Waals surface area contributed by atoms with Crippen LogP contribution >= 0.6 is 0 Å². The van der Waals surface area contributed by atoms with E-state index in [0.717, 1.165) is 0 Å². The molecule has 0 spiro atoms. The number of hydrogen-bond donors (Lipinski definition) is 2. The summed E-state index contributed by atoms with van der Waals surface area (Å²) in [5.41, 5.74) is 0.561. The molecule has 9 heteroatoms. The summed E-state index contributed by atoms with van der Waals surface area (Å²) in [4.78, 5) is 12.9. The number of rotatable bonds is 5. The summed E-state index contributed by atoms with van der Waals surface area (Å²) in [6.45, 7) is 10.2. The van der Waals surface area contributed by atoms with E-state index < -0.39 is 33.1 Å². The summed E-state index contributed by atoms with van der Waals surface area (Å²) in [7, 11) is -3.84. The molecule has 0 aliphatic rings. The Kier molecular flexibility index (Phi) is 6.94. The predicted octanol–water partition coefficient (Wildman–Crippen LogP) is 4.84. The largest absolute Gasteiger partial charge is 0.443 e. The fourth-order valence-electron chi connectivity index (χ4n) is 3.68. The van der Waals surface area contributed by atoms with Gasteiger partial charge in [0, 0.05) is 29.3 Å². The Morgan fingerprint density at radius 1 is 1.09 bits per heavy atom. The van der Waals surface area contributed by atoms with Crippen molar-refractivity contribution in [3.63, 3.8) is 0 Å². The Bertz CT molecular complexity index is 1330. The fourth-order valence-corrected chi connectivity index (χ4v) is 5.34. The van der Waals surface area contributed by atoms with Crippen LogP contribution in [0.25, 0.3) is 22.0 Å². The summed E-state index contributed by atoms with van der Waals surface area (Å²) in [6.07, 6.45) is 1.02. The minimum absolute atomic E-state index is 0.0714. The maximum atomic E-state index is 14.0. The molecular weight excluding hydrogens is 459 g/mol. The Balaban J connectivity index is 2.18. The first-order chi connectivity index (χ1) is 15.6. The Morgan fingerprint density at radius 3 is 2.35 bits per heavy atom. The van der Waals surface area contributed by atoms with Crippen LogP contribution in [0.1, 0.15) is 47.1 Å². The van der Waals surface area contributed by atoms with Gasteiger partial charge in [-0.05, 0) is 89.4 Å². The van der Waals surface area contributed by atoms with Crippen molar-refractivity contribution in [2.75, 3.05) is 6.61 Å². The van der Waals surface area contributed by atoms with Crippen molar-refractivity contribution < 1.29 is 27.4 Å². The van der Waals surface area contributed by atoms with Gasteiger partial charge in [-0.1, -0.05) is 6.07 Å². The van der Waals surface area contributed by atoms with Crippen LogP contribution in [0, 0.1) is 5.82 Å². The van der Waals surface area contributed by atoms with Crippen molar-refractivity contribution in [1.29, 1.82) is 0 Å². The second-order valence-corrected chi connectivity index (χ2v) is 11.9. The molecule has 0 fully saturated rings. The smallest absolute Gasteiger partial charge is 0.419 e. The molecular formula is C25H31FN2O5S. The van der Waals surface area contributed by atoms with Gasteiger partial charge in [0.1, 0.15) is 11.4 Å². The molecule has 184 valence electrons. The number of carbonyl (C=O) groups excluding carboxylic acids is 1. The van der Waals surface area contributed by atoms with Crippen molar-refractivity contribution in [2.24, 2.45) is 0 Å². The molecule has 0 saturated carbocycles. The molecule has 2 N–H and O–H groups in total. The number of aromatic nitrogens is 1. The molecule has 2 aromatic carbocycles. The average Bonchev–Trinajstić information content (AvgIpc) is 3.03. The van der Waals surface area contributed by atoms with Gasteiger partial charge < -0.3 is 9.84 Å². The van der Waals surface area contributed by atoms with Gasteiger partial charge in [-0.15, -0.1) is 0 Å². The van der Waals surface area contributed by atoms with Crippen LogP contribution in [0.5, 0.6) is 0 Å². The number of hydrogen-bond acceptors (Lipinski definition) is 5. The third kappa shape index (κ3) is 5.84. The average molecular weight is 491 g/mol. The molecule has 0 aliphatic heterocycles. The van der Waals surface area contributed by atoms with Crippen LogP contribution in [0.4, 0.5) is 9.18 Å². The molecule has 0 unspecified atom stereocenters. The standard InChI is InChI=1S/C25H31FN2O5S/c1-24(2,3)27-34(31,32)22-10-7-16(13-17(22)11-12-29)20-15-28(23(30)33-25(4,5)6)21-14-18(26)8-9-19(20)21/h7-10,13-15,27,29H,11-12H2,1-6H3. The van der Waals surface area contributed by atoms with E-state index in [2.05, 4.69) is 4.72 Å². The van der Waals surface area contributed by atoms with Crippen molar-refractivity contribution in [2.45, 2.75) is 64.0 Å². The lowest BCUT2D eigenvalue weighted by Crippen LogP contribution is -2.40. The van der Waals surface area contributed by atoms with Crippen LogP contribution in [-0.2, 0) is 21.2 Å². The van der Waals surface area contributed by atoms with Crippen LogP contribution in [-0.4, -0.2) is 41.9 Å². The molecule has 1 aromatic heterocycles. The monoisotopic (exact) mass is 490 g/mol. The first-order valence-corrected chi connectivity index (χ1v) is 12.4. The van der Waals surface area contributed by atoms with Crippen molar-refractivity contribution in [1.82, 2.24) is 9.29 Å². The molecule has 0 atom stereocenters. The zero-order valence-corrected chi connectivity index (χ0v) is 21.1. The van der Waals surface area contributed by atoms with Crippen molar-refractivity contribution in [3.05, 3.63) is 54.0 Å². The maximum absolute atomic E-state index is 14.0. The normalized spacial score (nSPS) is 12.8. The topological polar surface area (TPSA) is 97.6 Å². The van der Waals surface area contributed by atoms with Gasteiger partial charge in [0.2, 0.25) is 10.0 Å². The third-order valence-corrected chi connectivity index (χ3v) is 6.70. The van der Waals surface area contributed by atoms with Crippen molar-refractivity contribution >= 4 is 27.0 Å². The minimum Gasteiger partial charge on any atom is -0.443 e. The number of ether oxygens (including phenoxy) is 1. The quantitative estimate of drug-likeness (QED) is 0.533. The molecule has 0 aliphatic carbocycles. The first kappa shape index (κ1) is 25.9. The summed E-state index contributed by atoms with van der Waals surface area (Å²) < 4.78 is 49.3. The van der Waals surface area contributed by atoms with Crippen molar-refractivity contribution in [3.8, 4) is 11.1 Å². The van der Waals surface area contributed by atoms with Crippen LogP contribution in [0.3, 0.4) is 0 Å². The molecule has 0 amide bonds. The van der Waals surface area contributed by atoms with E-state index in [1.54, 1.807) is 65.9 Å².